The summed E-state index contributed by atoms with van der Waals surface area (Å²) in [5, 5.41) is 11.7. The van der Waals surface area contributed by atoms with E-state index in [1.807, 2.05) is 12.1 Å². The molecule has 1 unspecified atom stereocenters. The molecule has 1 heterocycles. The molecule has 1 fully saturated rings. The van der Waals surface area contributed by atoms with E-state index in [0.29, 0.717) is 12.4 Å². The van der Waals surface area contributed by atoms with Gasteiger partial charge in [-0.2, -0.15) is 0 Å². The first kappa shape index (κ1) is 18.0. The molecule has 1 aromatic rings. The number of amides is 2. The lowest BCUT2D eigenvalue weighted by Crippen LogP contribution is -2.40. The van der Waals surface area contributed by atoms with Crippen LogP contribution in [-0.4, -0.2) is 46.7 Å². The van der Waals surface area contributed by atoms with Gasteiger partial charge >= 0.3 is 12.0 Å². The molecule has 7 nitrogen and oxygen atoms in total. The van der Waals surface area contributed by atoms with E-state index in [9.17, 15) is 9.59 Å². The lowest BCUT2D eigenvalue weighted by Gasteiger charge is -2.20. The van der Waals surface area contributed by atoms with E-state index in [1.165, 1.54) is 17.7 Å². The predicted octanol–water partition coefficient (Wildman–Crippen LogP) is 2.27. The molecule has 24 heavy (non-hydrogen) atoms. The van der Waals surface area contributed by atoms with Crippen molar-refractivity contribution in [2.24, 2.45) is 5.92 Å². The number of nitrogens with zero attached hydrogens (tertiary/aromatic N) is 2. The summed E-state index contributed by atoms with van der Waals surface area (Å²) < 4.78 is 5.85. The molecule has 0 aromatic carbocycles. The second-order valence-corrected chi connectivity index (χ2v) is 6.31. The Bertz CT molecular complexity index is 573. The van der Waals surface area contributed by atoms with Gasteiger partial charge in [0.05, 0.1) is 5.92 Å². The number of hydrogen-bond donors (Lipinski definition) is 2. The zero-order chi connectivity index (χ0) is 17.5. The van der Waals surface area contributed by atoms with E-state index >= 15 is 0 Å². The molecule has 0 spiro atoms. The number of carbonyl (C=O) groups excluding carboxylic acids is 1. The minimum Gasteiger partial charge on any atom is -0.481 e. The maximum absolute atomic E-state index is 12.0. The molecule has 1 aliphatic rings. The molecule has 1 aliphatic carbocycles. The van der Waals surface area contributed by atoms with Crippen molar-refractivity contribution in [3.05, 3.63) is 23.9 Å². The third kappa shape index (κ3) is 5.40. The summed E-state index contributed by atoms with van der Waals surface area (Å²) in [6.45, 7) is 2.07. The second kappa shape index (κ2) is 8.52. The summed E-state index contributed by atoms with van der Waals surface area (Å²) >= 11 is 0. The van der Waals surface area contributed by atoms with Gasteiger partial charge in [0.25, 0.3) is 0 Å². The molecule has 2 N–H and O–H groups in total. The SMILES string of the molecule is CC(CN(C)C(=O)NCc1ccnc(OC2CCCC2)c1)C(=O)O. The zero-order valence-corrected chi connectivity index (χ0v) is 14.2. The number of urea groups is 1. The number of ether oxygens (including phenoxy) is 1. The minimum absolute atomic E-state index is 0.160. The van der Waals surface area contributed by atoms with Crippen LogP contribution in [0.5, 0.6) is 5.88 Å². The number of carboxylic acid groups (broad SMARTS) is 1. The van der Waals surface area contributed by atoms with Crippen LogP contribution in [0.25, 0.3) is 0 Å². The number of aliphatic carboxylic acids is 1. The first-order valence-electron chi connectivity index (χ1n) is 8.29. The number of carbonyl (C=O) groups is 2. The van der Waals surface area contributed by atoms with E-state index in [1.54, 1.807) is 20.2 Å². The van der Waals surface area contributed by atoms with E-state index in [4.69, 9.17) is 9.84 Å². The van der Waals surface area contributed by atoms with Crippen molar-refractivity contribution in [1.29, 1.82) is 0 Å². The molecule has 0 saturated heterocycles. The summed E-state index contributed by atoms with van der Waals surface area (Å²) in [4.78, 5) is 28.4. The van der Waals surface area contributed by atoms with Gasteiger partial charge in [0.15, 0.2) is 0 Å². The highest BCUT2D eigenvalue weighted by atomic mass is 16.5. The lowest BCUT2D eigenvalue weighted by atomic mass is 10.2. The Morgan fingerprint density at radius 2 is 2.17 bits per heavy atom. The van der Waals surface area contributed by atoms with Crippen molar-refractivity contribution in [3.63, 3.8) is 0 Å². The van der Waals surface area contributed by atoms with E-state index in [-0.39, 0.29) is 18.7 Å². The molecule has 132 valence electrons. The highest BCUT2D eigenvalue weighted by molar-refractivity contribution is 5.75. The first-order chi connectivity index (χ1) is 11.5. The third-order valence-corrected chi connectivity index (χ3v) is 4.15. The molecule has 2 rings (SSSR count). The summed E-state index contributed by atoms with van der Waals surface area (Å²) in [5.41, 5.74) is 0.894. The van der Waals surface area contributed by atoms with Crippen LogP contribution in [0, 0.1) is 5.92 Å². The molecule has 0 aliphatic heterocycles. The number of hydrogen-bond acceptors (Lipinski definition) is 4. The molecule has 7 heteroatoms. The average Bonchev–Trinajstić information content (AvgIpc) is 3.05. The zero-order valence-electron chi connectivity index (χ0n) is 14.2. The Kier molecular flexibility index (Phi) is 6.40. The number of nitrogens with one attached hydrogen (secondary N) is 1. The molecule has 0 bridgehead atoms. The van der Waals surface area contributed by atoms with Crippen molar-refractivity contribution in [2.45, 2.75) is 45.3 Å². The topological polar surface area (TPSA) is 91.8 Å². The maximum atomic E-state index is 12.0. The lowest BCUT2D eigenvalue weighted by molar-refractivity contribution is -0.141. The molecule has 0 radical (unpaired) electrons. The monoisotopic (exact) mass is 335 g/mol. The minimum atomic E-state index is -0.919. The normalized spacial score (nSPS) is 15.8. The summed E-state index contributed by atoms with van der Waals surface area (Å²) in [5.74, 6) is -0.938. The predicted molar refractivity (Wildman–Crippen MR) is 88.8 cm³/mol. The molecular weight excluding hydrogens is 310 g/mol. The van der Waals surface area contributed by atoms with Crippen molar-refractivity contribution in [2.75, 3.05) is 13.6 Å². The van der Waals surface area contributed by atoms with E-state index in [2.05, 4.69) is 10.3 Å². The molecule has 1 aromatic heterocycles. The number of rotatable bonds is 7. The standard InChI is InChI=1S/C17H25N3O4/c1-12(16(21)22)11-20(2)17(23)19-10-13-7-8-18-15(9-13)24-14-5-3-4-6-14/h7-9,12,14H,3-6,10-11H2,1-2H3,(H,19,23)(H,21,22). The Morgan fingerprint density at radius 3 is 2.83 bits per heavy atom. The van der Waals surface area contributed by atoms with Crippen LogP contribution in [0.3, 0.4) is 0 Å². The quantitative estimate of drug-likeness (QED) is 0.797. The molecular formula is C17H25N3O4. The molecule has 2 amide bonds. The highest BCUT2D eigenvalue weighted by Gasteiger charge is 2.18. The van der Waals surface area contributed by atoms with Crippen LogP contribution in [0.4, 0.5) is 4.79 Å². The average molecular weight is 335 g/mol. The molecule has 1 saturated carbocycles. The van der Waals surface area contributed by atoms with E-state index < -0.39 is 11.9 Å². The van der Waals surface area contributed by atoms with Crippen molar-refractivity contribution < 1.29 is 19.4 Å². The van der Waals surface area contributed by atoms with Crippen molar-refractivity contribution in [3.8, 4) is 5.88 Å². The molecule has 1 atom stereocenters. The van der Waals surface area contributed by atoms with Gasteiger partial charge in [0, 0.05) is 32.4 Å². The fraction of sp³-hybridized carbons (Fsp3) is 0.588. The van der Waals surface area contributed by atoms with Gasteiger partial charge in [-0.15, -0.1) is 0 Å². The Morgan fingerprint density at radius 1 is 1.46 bits per heavy atom. The van der Waals surface area contributed by atoms with Crippen LogP contribution < -0.4 is 10.1 Å². The van der Waals surface area contributed by atoms with E-state index in [0.717, 1.165) is 18.4 Å². The Balaban J connectivity index is 1.82. The summed E-state index contributed by atoms with van der Waals surface area (Å²) in [6, 6.07) is 3.35. The van der Waals surface area contributed by atoms with Gasteiger partial charge in [0.1, 0.15) is 6.10 Å². The van der Waals surface area contributed by atoms with Crippen molar-refractivity contribution >= 4 is 12.0 Å². The maximum Gasteiger partial charge on any atom is 0.317 e. The van der Waals surface area contributed by atoms with Gasteiger partial charge < -0.3 is 20.1 Å². The third-order valence-electron chi connectivity index (χ3n) is 4.15. The van der Waals surface area contributed by atoms with Gasteiger partial charge in [-0.25, -0.2) is 9.78 Å². The van der Waals surface area contributed by atoms with Crippen molar-refractivity contribution in [1.82, 2.24) is 15.2 Å². The second-order valence-electron chi connectivity index (χ2n) is 6.31. The van der Waals surface area contributed by atoms with Crippen LogP contribution >= 0.6 is 0 Å². The highest BCUT2D eigenvalue weighted by Crippen LogP contribution is 2.23. The largest absolute Gasteiger partial charge is 0.481 e. The summed E-state index contributed by atoms with van der Waals surface area (Å²) in [6.07, 6.45) is 6.43. The number of carboxylic acids is 1. The van der Waals surface area contributed by atoms with Crippen LogP contribution in [-0.2, 0) is 11.3 Å². The number of pyridine rings is 1. The fourth-order valence-corrected chi connectivity index (χ4v) is 2.69. The van der Waals surface area contributed by atoms with Crippen LogP contribution in [0.15, 0.2) is 18.3 Å². The van der Waals surface area contributed by atoms with Gasteiger partial charge in [-0.1, -0.05) is 6.92 Å². The Labute approximate surface area is 142 Å². The first-order valence-corrected chi connectivity index (χ1v) is 8.29. The van der Waals surface area contributed by atoms with Crippen LogP contribution in [0.2, 0.25) is 0 Å². The summed E-state index contributed by atoms with van der Waals surface area (Å²) in [7, 11) is 1.58. The van der Waals surface area contributed by atoms with Gasteiger partial charge in [-0.05, 0) is 37.3 Å². The van der Waals surface area contributed by atoms with Crippen LogP contribution in [0.1, 0.15) is 38.2 Å². The Hall–Kier alpha value is -2.31. The fourth-order valence-electron chi connectivity index (χ4n) is 2.69. The number of aromatic nitrogens is 1. The smallest absolute Gasteiger partial charge is 0.317 e. The van der Waals surface area contributed by atoms with Gasteiger partial charge in [-0.3, -0.25) is 4.79 Å². The van der Waals surface area contributed by atoms with Gasteiger partial charge in [0.2, 0.25) is 5.88 Å².